The maximum Gasteiger partial charge on any atom is 0.137 e. The van der Waals surface area contributed by atoms with Crippen LogP contribution in [0.4, 0.5) is 4.39 Å². The largest absolute Gasteiger partial charge is 0.305 e. The van der Waals surface area contributed by atoms with Crippen molar-refractivity contribution in [2.45, 2.75) is 25.4 Å². The molecule has 0 aliphatic carbocycles. The van der Waals surface area contributed by atoms with E-state index in [1.54, 1.807) is 6.07 Å². The minimum atomic E-state index is -0.179. The lowest BCUT2D eigenvalue weighted by molar-refractivity contribution is 0.129. The molecule has 1 fully saturated rings. The molecule has 1 atom stereocenters. The topological polar surface area (TPSA) is 6.48 Å². The second-order valence-corrected chi connectivity index (χ2v) is 5.98. The van der Waals surface area contributed by atoms with Crippen LogP contribution in [-0.4, -0.2) is 43.0 Å². The van der Waals surface area contributed by atoms with Crippen molar-refractivity contribution >= 4 is 15.9 Å². The number of halogens is 2. The van der Waals surface area contributed by atoms with Crippen LogP contribution in [0.1, 0.15) is 18.4 Å². The molecule has 1 heterocycles. The molecule has 0 N–H and O–H groups in total. The number of piperidine rings is 1. The van der Waals surface area contributed by atoms with E-state index >= 15 is 0 Å². The molecule has 1 aromatic carbocycles. The van der Waals surface area contributed by atoms with Gasteiger partial charge in [0, 0.05) is 19.1 Å². The Bertz CT molecular complexity index is 411. The van der Waals surface area contributed by atoms with Crippen LogP contribution in [0.5, 0.6) is 0 Å². The van der Waals surface area contributed by atoms with Gasteiger partial charge in [-0.05, 0) is 61.0 Å². The zero-order valence-electron chi connectivity index (χ0n) is 11.0. The van der Waals surface area contributed by atoms with Gasteiger partial charge >= 0.3 is 0 Å². The summed E-state index contributed by atoms with van der Waals surface area (Å²) in [5, 5.41) is 0. The van der Waals surface area contributed by atoms with E-state index in [-0.39, 0.29) is 5.82 Å². The molecule has 2 nitrogen and oxygen atoms in total. The van der Waals surface area contributed by atoms with Crippen LogP contribution in [-0.2, 0) is 6.54 Å². The van der Waals surface area contributed by atoms with E-state index in [4.69, 9.17) is 0 Å². The molecular weight excluding hydrogens is 295 g/mol. The Balaban J connectivity index is 2.02. The quantitative estimate of drug-likeness (QED) is 0.846. The maximum absolute atomic E-state index is 13.5. The molecule has 0 spiro atoms. The van der Waals surface area contributed by atoms with Gasteiger partial charge < -0.3 is 4.90 Å². The molecule has 0 amide bonds. The zero-order chi connectivity index (χ0) is 13.1. The van der Waals surface area contributed by atoms with Gasteiger partial charge in [-0.2, -0.15) is 0 Å². The highest BCUT2D eigenvalue weighted by Gasteiger charge is 2.21. The van der Waals surface area contributed by atoms with E-state index in [0.717, 1.165) is 18.7 Å². The van der Waals surface area contributed by atoms with Crippen LogP contribution in [0.3, 0.4) is 0 Å². The summed E-state index contributed by atoms with van der Waals surface area (Å²) in [6, 6.07) is 5.81. The zero-order valence-corrected chi connectivity index (χ0v) is 12.6. The van der Waals surface area contributed by atoms with E-state index in [9.17, 15) is 4.39 Å². The molecule has 1 aliphatic rings. The van der Waals surface area contributed by atoms with Crippen molar-refractivity contribution in [2.75, 3.05) is 27.2 Å². The third-order valence-corrected chi connectivity index (χ3v) is 4.56. The average Bonchev–Trinajstić information content (AvgIpc) is 2.35. The standard InChI is InChI=1S/C14H20BrFN2/c1-17-8-4-6-12(10-17)18(2)9-11-5-3-7-13(16)14(11)15/h3,5,7,12H,4,6,8-10H2,1-2H3. The second kappa shape index (κ2) is 6.13. The van der Waals surface area contributed by atoms with E-state index < -0.39 is 0 Å². The Morgan fingerprint density at radius 1 is 1.50 bits per heavy atom. The molecule has 1 unspecified atom stereocenters. The van der Waals surface area contributed by atoms with Gasteiger partial charge in [-0.1, -0.05) is 12.1 Å². The fourth-order valence-electron chi connectivity index (χ4n) is 2.57. The highest BCUT2D eigenvalue weighted by atomic mass is 79.9. The Labute approximate surface area is 117 Å². The summed E-state index contributed by atoms with van der Waals surface area (Å²) in [7, 11) is 4.29. The SMILES string of the molecule is CN1CCCC(N(C)Cc2cccc(F)c2Br)C1. The van der Waals surface area contributed by atoms with Crippen LogP contribution >= 0.6 is 15.9 Å². The third kappa shape index (κ3) is 3.31. The molecule has 1 aromatic rings. The molecule has 0 radical (unpaired) electrons. The smallest absolute Gasteiger partial charge is 0.137 e. The minimum absolute atomic E-state index is 0.179. The van der Waals surface area contributed by atoms with Crippen LogP contribution in [0, 0.1) is 5.82 Å². The van der Waals surface area contributed by atoms with Crippen molar-refractivity contribution in [1.82, 2.24) is 9.80 Å². The van der Waals surface area contributed by atoms with Crippen LogP contribution in [0.2, 0.25) is 0 Å². The highest BCUT2D eigenvalue weighted by molar-refractivity contribution is 9.10. The lowest BCUT2D eigenvalue weighted by Gasteiger charge is -2.36. The molecule has 4 heteroatoms. The van der Waals surface area contributed by atoms with Gasteiger partial charge in [-0.25, -0.2) is 4.39 Å². The Morgan fingerprint density at radius 3 is 3.00 bits per heavy atom. The van der Waals surface area contributed by atoms with Gasteiger partial charge in [0.15, 0.2) is 0 Å². The molecule has 0 aromatic heterocycles. The molecular formula is C14H20BrFN2. The van der Waals surface area contributed by atoms with E-state index in [2.05, 4.69) is 39.8 Å². The maximum atomic E-state index is 13.5. The van der Waals surface area contributed by atoms with Gasteiger partial charge in [-0.15, -0.1) is 0 Å². The van der Waals surface area contributed by atoms with Crippen molar-refractivity contribution in [3.63, 3.8) is 0 Å². The summed E-state index contributed by atoms with van der Waals surface area (Å²) in [6.07, 6.45) is 2.48. The fraction of sp³-hybridized carbons (Fsp3) is 0.571. The Kier molecular flexibility index (Phi) is 4.76. The normalized spacial score (nSPS) is 21.5. The average molecular weight is 315 g/mol. The Morgan fingerprint density at radius 2 is 2.28 bits per heavy atom. The van der Waals surface area contributed by atoms with Gasteiger partial charge in [0.2, 0.25) is 0 Å². The molecule has 18 heavy (non-hydrogen) atoms. The summed E-state index contributed by atoms with van der Waals surface area (Å²) in [4.78, 5) is 4.69. The van der Waals surface area contributed by atoms with Crippen molar-refractivity contribution in [2.24, 2.45) is 0 Å². The van der Waals surface area contributed by atoms with Gasteiger partial charge in [0.1, 0.15) is 5.82 Å². The van der Waals surface area contributed by atoms with Crippen molar-refractivity contribution in [3.8, 4) is 0 Å². The number of rotatable bonds is 3. The molecule has 100 valence electrons. The molecule has 0 bridgehead atoms. The van der Waals surface area contributed by atoms with Crippen molar-refractivity contribution in [1.29, 1.82) is 0 Å². The van der Waals surface area contributed by atoms with Gasteiger partial charge in [0.05, 0.1) is 4.47 Å². The van der Waals surface area contributed by atoms with E-state index in [0.29, 0.717) is 10.5 Å². The highest BCUT2D eigenvalue weighted by Crippen LogP contribution is 2.23. The third-order valence-electron chi connectivity index (χ3n) is 3.67. The number of likely N-dealkylation sites (N-methyl/N-ethyl adjacent to an activating group) is 2. The van der Waals surface area contributed by atoms with E-state index in [1.807, 2.05) is 6.07 Å². The monoisotopic (exact) mass is 314 g/mol. The molecule has 2 rings (SSSR count). The summed E-state index contributed by atoms with van der Waals surface area (Å²) in [5.41, 5.74) is 1.02. The lowest BCUT2D eigenvalue weighted by atomic mass is 10.0. The first-order chi connectivity index (χ1) is 8.58. The first-order valence-electron chi connectivity index (χ1n) is 6.39. The summed E-state index contributed by atoms with van der Waals surface area (Å²) in [5.74, 6) is -0.179. The predicted molar refractivity (Wildman–Crippen MR) is 76.1 cm³/mol. The lowest BCUT2D eigenvalue weighted by Crippen LogP contribution is -2.44. The fourth-order valence-corrected chi connectivity index (χ4v) is 2.96. The first-order valence-corrected chi connectivity index (χ1v) is 7.19. The first kappa shape index (κ1) is 14.0. The number of nitrogens with zero attached hydrogens (tertiary/aromatic N) is 2. The molecule has 1 aliphatic heterocycles. The Hall–Kier alpha value is -0.450. The number of hydrogen-bond donors (Lipinski definition) is 0. The van der Waals surface area contributed by atoms with E-state index in [1.165, 1.54) is 25.5 Å². The van der Waals surface area contributed by atoms with Crippen LogP contribution in [0.25, 0.3) is 0 Å². The van der Waals surface area contributed by atoms with Crippen LogP contribution in [0.15, 0.2) is 22.7 Å². The number of likely N-dealkylation sites (tertiary alicyclic amines) is 1. The molecule has 0 saturated carbocycles. The van der Waals surface area contributed by atoms with Crippen molar-refractivity contribution in [3.05, 3.63) is 34.1 Å². The summed E-state index contributed by atoms with van der Waals surface area (Å²) < 4.78 is 14.1. The number of hydrogen-bond acceptors (Lipinski definition) is 2. The van der Waals surface area contributed by atoms with Crippen molar-refractivity contribution < 1.29 is 4.39 Å². The minimum Gasteiger partial charge on any atom is -0.305 e. The summed E-state index contributed by atoms with van der Waals surface area (Å²) in [6.45, 7) is 3.08. The van der Waals surface area contributed by atoms with Crippen LogP contribution < -0.4 is 0 Å². The van der Waals surface area contributed by atoms with Gasteiger partial charge in [-0.3, -0.25) is 4.90 Å². The number of benzene rings is 1. The second-order valence-electron chi connectivity index (χ2n) is 5.19. The predicted octanol–water partition coefficient (Wildman–Crippen LogP) is 3.11. The van der Waals surface area contributed by atoms with Gasteiger partial charge in [0.25, 0.3) is 0 Å². The summed E-state index contributed by atoms with van der Waals surface area (Å²) >= 11 is 3.33. The molecule has 1 saturated heterocycles.